The highest BCUT2D eigenvalue weighted by Crippen LogP contribution is 2.29. The number of hydrogen-bond donors (Lipinski definition) is 2. The number of benzene rings is 2. The number of carbonyl (C=O) groups is 2. The summed E-state index contributed by atoms with van der Waals surface area (Å²) >= 11 is 1.30. The summed E-state index contributed by atoms with van der Waals surface area (Å²) in [6, 6.07) is 13.6. The molecule has 8 nitrogen and oxygen atoms in total. The van der Waals surface area contributed by atoms with Crippen LogP contribution in [0.25, 0.3) is 11.1 Å². The first kappa shape index (κ1) is 26.5. The van der Waals surface area contributed by atoms with Crippen molar-refractivity contribution in [2.24, 2.45) is 0 Å². The Hall–Kier alpha value is -3.11. The maximum atomic E-state index is 12.9. The van der Waals surface area contributed by atoms with Crippen molar-refractivity contribution in [2.45, 2.75) is 49.6 Å². The molecule has 0 aliphatic rings. The van der Waals surface area contributed by atoms with Gasteiger partial charge in [0.2, 0.25) is 0 Å². The van der Waals surface area contributed by atoms with Gasteiger partial charge in [-0.2, -0.15) is 0 Å². The van der Waals surface area contributed by atoms with Crippen LogP contribution < -0.4 is 5.32 Å². The van der Waals surface area contributed by atoms with Crippen LogP contribution in [0.1, 0.15) is 48.6 Å². The molecule has 0 aliphatic heterocycles. The molecule has 0 unspecified atom stereocenters. The molecular weight excluding hydrogens is 486 g/mol. The zero-order valence-electron chi connectivity index (χ0n) is 19.9. The van der Waals surface area contributed by atoms with Crippen LogP contribution in [0.5, 0.6) is 0 Å². The number of nitrogens with one attached hydrogen (secondary N) is 1. The Morgan fingerprint density at radius 1 is 1.06 bits per heavy atom. The van der Waals surface area contributed by atoms with E-state index in [0.29, 0.717) is 41.4 Å². The normalized spacial score (nSPS) is 11.4. The van der Waals surface area contributed by atoms with Gasteiger partial charge in [0.1, 0.15) is 10.9 Å². The monoisotopic (exact) mass is 515 g/mol. The molecule has 0 spiro atoms. The zero-order chi connectivity index (χ0) is 25.6. The second kappa shape index (κ2) is 11.5. The number of carboxylic acids is 1. The number of imidazole rings is 1. The Labute approximate surface area is 209 Å². The molecule has 0 radical (unpaired) electrons. The van der Waals surface area contributed by atoms with Crippen LogP contribution in [0.15, 0.2) is 58.5 Å². The van der Waals surface area contributed by atoms with Crippen LogP contribution >= 0.6 is 11.8 Å². The highest BCUT2D eigenvalue weighted by atomic mass is 32.2. The van der Waals surface area contributed by atoms with Gasteiger partial charge in [-0.3, -0.25) is 4.79 Å². The molecule has 0 atom stereocenters. The number of carbonyl (C=O) groups excluding carboxylic acids is 1. The van der Waals surface area contributed by atoms with Crippen LogP contribution in [0, 0.1) is 0 Å². The van der Waals surface area contributed by atoms with Crippen LogP contribution in [-0.4, -0.2) is 47.1 Å². The molecule has 0 aliphatic carbocycles. The molecule has 0 saturated carbocycles. The molecule has 0 saturated heterocycles. The number of aryl methyl sites for hydroxylation is 1. The van der Waals surface area contributed by atoms with Crippen molar-refractivity contribution in [1.29, 1.82) is 0 Å². The van der Waals surface area contributed by atoms with Crippen molar-refractivity contribution in [1.82, 2.24) is 14.9 Å². The third-order valence-corrected chi connectivity index (χ3v) is 7.67. The largest absolute Gasteiger partial charge is 0.476 e. The van der Waals surface area contributed by atoms with Crippen molar-refractivity contribution in [3.05, 3.63) is 65.6 Å². The minimum atomic E-state index is -4.21. The van der Waals surface area contributed by atoms with Crippen molar-refractivity contribution in [3.8, 4) is 11.1 Å². The van der Waals surface area contributed by atoms with Crippen molar-refractivity contribution in [3.63, 3.8) is 0 Å². The summed E-state index contributed by atoms with van der Waals surface area (Å²) in [6.45, 7) is 4.46. The third kappa shape index (κ3) is 5.76. The van der Waals surface area contributed by atoms with Gasteiger partial charge in [0.15, 0.2) is 5.69 Å². The molecule has 0 fully saturated rings. The Morgan fingerprint density at radius 2 is 1.74 bits per heavy atom. The summed E-state index contributed by atoms with van der Waals surface area (Å²) in [6.07, 6.45) is 3.92. The van der Waals surface area contributed by atoms with Gasteiger partial charge in [-0.1, -0.05) is 56.3 Å². The van der Waals surface area contributed by atoms with Gasteiger partial charge in [-0.25, -0.2) is 18.2 Å². The molecule has 2 N–H and O–H groups in total. The lowest BCUT2D eigenvalue weighted by Crippen LogP contribution is -2.30. The average molecular weight is 516 g/mol. The Balaban J connectivity index is 1.96. The third-order valence-electron chi connectivity index (χ3n) is 5.43. The van der Waals surface area contributed by atoms with E-state index in [1.54, 1.807) is 41.2 Å². The Kier molecular flexibility index (Phi) is 8.74. The first-order valence-corrected chi connectivity index (χ1v) is 14.0. The number of aromatic nitrogens is 2. The first-order valence-electron chi connectivity index (χ1n) is 11.3. The highest BCUT2D eigenvalue weighted by molar-refractivity contribution is 8.06. The molecular formula is C25H29N3O5S2. The summed E-state index contributed by atoms with van der Waals surface area (Å²) in [5.74, 6) is -0.311. The SMILES string of the molecule is CCCNC(=O)S(=O)(=O)c1ccccc1-c1ccc(Cn2c(CCC)nc(SC)c2C(=O)O)cc1. The van der Waals surface area contributed by atoms with E-state index in [9.17, 15) is 23.1 Å². The smallest absolute Gasteiger partial charge is 0.355 e. The lowest BCUT2D eigenvalue weighted by molar-refractivity contribution is 0.0681. The van der Waals surface area contributed by atoms with E-state index in [1.807, 2.05) is 26.0 Å². The van der Waals surface area contributed by atoms with E-state index in [0.717, 1.165) is 12.0 Å². The fourth-order valence-corrected chi connectivity index (χ4v) is 5.56. The summed E-state index contributed by atoms with van der Waals surface area (Å²) < 4.78 is 27.5. The molecule has 1 amide bonds. The predicted octanol–water partition coefficient (Wildman–Crippen LogP) is 4.86. The molecule has 1 aromatic heterocycles. The number of aromatic carboxylic acids is 1. The standard InChI is InChI=1S/C25H29N3O5S2/c1-4-8-21-27-23(34-3)22(24(29)30)28(21)16-17-11-13-18(14-12-17)19-9-6-7-10-20(19)35(32,33)25(31)26-15-5-2/h6-7,9-14H,4-5,8,15-16H2,1-3H3,(H,26,31)(H,29,30). The Morgan fingerprint density at radius 3 is 2.34 bits per heavy atom. The zero-order valence-corrected chi connectivity index (χ0v) is 21.6. The van der Waals surface area contributed by atoms with Gasteiger partial charge in [-0.15, -0.1) is 11.8 Å². The molecule has 2 aromatic carbocycles. The van der Waals surface area contributed by atoms with Gasteiger partial charge < -0.3 is 15.0 Å². The van der Waals surface area contributed by atoms with Gasteiger partial charge in [0.05, 0.1) is 4.90 Å². The minimum absolute atomic E-state index is 0.0565. The fraction of sp³-hybridized carbons (Fsp3) is 0.320. The summed E-state index contributed by atoms with van der Waals surface area (Å²) in [5, 5.41) is 11.7. The van der Waals surface area contributed by atoms with Crippen LogP contribution in [0.4, 0.5) is 4.79 Å². The quantitative estimate of drug-likeness (QED) is 0.370. The summed E-state index contributed by atoms with van der Waals surface area (Å²) in [4.78, 5) is 28.7. The van der Waals surface area contributed by atoms with E-state index < -0.39 is 21.0 Å². The lowest BCUT2D eigenvalue weighted by Gasteiger charge is -2.13. The fourth-order valence-electron chi connectivity index (χ4n) is 3.74. The van der Waals surface area contributed by atoms with Gasteiger partial charge in [0, 0.05) is 25.1 Å². The number of hydrogen-bond acceptors (Lipinski definition) is 6. The number of amides is 1. The van der Waals surface area contributed by atoms with Crippen molar-refractivity contribution in [2.75, 3.05) is 12.8 Å². The first-order chi connectivity index (χ1) is 16.7. The van der Waals surface area contributed by atoms with Crippen molar-refractivity contribution >= 4 is 32.8 Å². The number of sulfone groups is 1. The summed E-state index contributed by atoms with van der Waals surface area (Å²) in [5.41, 5.74) is 2.08. The second-order valence-corrected chi connectivity index (χ2v) is 10.6. The number of thioether (sulfide) groups is 1. The topological polar surface area (TPSA) is 118 Å². The number of carboxylic acid groups (broad SMARTS) is 1. The van der Waals surface area contributed by atoms with E-state index in [-0.39, 0.29) is 17.1 Å². The Bertz CT molecular complexity index is 1320. The van der Waals surface area contributed by atoms with E-state index >= 15 is 0 Å². The highest BCUT2D eigenvalue weighted by Gasteiger charge is 2.27. The molecule has 3 rings (SSSR count). The molecule has 1 heterocycles. The second-order valence-electron chi connectivity index (χ2n) is 7.94. The van der Waals surface area contributed by atoms with E-state index in [2.05, 4.69) is 10.3 Å². The van der Waals surface area contributed by atoms with Gasteiger partial charge in [0.25, 0.3) is 9.84 Å². The van der Waals surface area contributed by atoms with Crippen LogP contribution in [0.2, 0.25) is 0 Å². The number of nitrogens with zero attached hydrogens (tertiary/aromatic N) is 2. The predicted molar refractivity (Wildman–Crippen MR) is 137 cm³/mol. The molecule has 186 valence electrons. The molecule has 0 bridgehead atoms. The van der Waals surface area contributed by atoms with E-state index in [4.69, 9.17) is 0 Å². The van der Waals surface area contributed by atoms with E-state index in [1.165, 1.54) is 17.8 Å². The number of rotatable bonds is 10. The lowest BCUT2D eigenvalue weighted by atomic mass is 10.0. The maximum absolute atomic E-state index is 12.9. The maximum Gasteiger partial charge on any atom is 0.355 e. The molecule has 3 aromatic rings. The van der Waals surface area contributed by atoms with Gasteiger partial charge >= 0.3 is 11.2 Å². The average Bonchev–Trinajstić information content (AvgIpc) is 3.20. The van der Waals surface area contributed by atoms with Crippen LogP contribution in [-0.2, 0) is 22.8 Å². The van der Waals surface area contributed by atoms with Gasteiger partial charge in [-0.05, 0) is 36.3 Å². The summed E-state index contributed by atoms with van der Waals surface area (Å²) in [7, 11) is -4.21. The van der Waals surface area contributed by atoms with Crippen LogP contribution in [0.3, 0.4) is 0 Å². The minimum Gasteiger partial charge on any atom is -0.476 e. The molecule has 10 heteroatoms. The van der Waals surface area contributed by atoms with Crippen molar-refractivity contribution < 1.29 is 23.1 Å². The molecule has 35 heavy (non-hydrogen) atoms.